The molecule has 1 saturated heterocycles. The van der Waals surface area contributed by atoms with Crippen LogP contribution in [0.1, 0.15) is 32.4 Å². The lowest BCUT2D eigenvalue weighted by atomic mass is 9.99. The molecule has 1 aromatic carbocycles. The molecule has 1 aromatic rings. The van der Waals surface area contributed by atoms with E-state index in [9.17, 15) is 4.39 Å². The van der Waals surface area contributed by atoms with Crippen molar-refractivity contribution in [1.82, 2.24) is 4.90 Å². The second-order valence-electron chi connectivity index (χ2n) is 5.73. The van der Waals surface area contributed by atoms with Crippen LogP contribution in [0.3, 0.4) is 0 Å². The quantitative estimate of drug-likeness (QED) is 0.894. The molecule has 0 saturated carbocycles. The second kappa shape index (κ2) is 5.37. The topological polar surface area (TPSA) is 29.3 Å². The minimum Gasteiger partial charge on any atom is -0.326 e. The van der Waals surface area contributed by atoms with E-state index in [4.69, 9.17) is 5.73 Å². The summed E-state index contributed by atoms with van der Waals surface area (Å²) in [4.78, 5) is 2.33. The fourth-order valence-electron chi connectivity index (χ4n) is 2.93. The molecule has 1 aliphatic rings. The summed E-state index contributed by atoms with van der Waals surface area (Å²) in [6, 6.07) is 6.91. The molecular formula is C15H23FN2. The van der Waals surface area contributed by atoms with Crippen LogP contribution in [-0.2, 0) is 0 Å². The third-order valence-electron chi connectivity index (χ3n) is 4.13. The van der Waals surface area contributed by atoms with Crippen molar-refractivity contribution >= 4 is 0 Å². The van der Waals surface area contributed by atoms with Crippen molar-refractivity contribution < 1.29 is 4.39 Å². The van der Waals surface area contributed by atoms with Gasteiger partial charge in [-0.1, -0.05) is 32.0 Å². The zero-order valence-electron chi connectivity index (χ0n) is 11.4. The molecule has 0 aromatic heterocycles. The van der Waals surface area contributed by atoms with Crippen molar-refractivity contribution in [3.8, 4) is 0 Å². The van der Waals surface area contributed by atoms with E-state index in [0.717, 1.165) is 18.7 Å². The average Bonchev–Trinajstić information content (AvgIpc) is 2.61. The Labute approximate surface area is 109 Å². The van der Waals surface area contributed by atoms with Gasteiger partial charge < -0.3 is 5.73 Å². The molecule has 3 heteroatoms. The number of benzene rings is 1. The van der Waals surface area contributed by atoms with E-state index in [0.29, 0.717) is 11.8 Å². The van der Waals surface area contributed by atoms with Gasteiger partial charge in [0, 0.05) is 24.7 Å². The lowest BCUT2D eigenvalue weighted by Gasteiger charge is -2.31. The molecule has 0 amide bonds. The van der Waals surface area contributed by atoms with Crippen molar-refractivity contribution in [3.63, 3.8) is 0 Å². The summed E-state index contributed by atoms with van der Waals surface area (Å²) in [5.41, 5.74) is 6.83. The molecule has 18 heavy (non-hydrogen) atoms. The summed E-state index contributed by atoms with van der Waals surface area (Å²) in [6.45, 7) is 8.47. The zero-order valence-corrected chi connectivity index (χ0v) is 11.4. The number of likely N-dealkylation sites (tertiary alicyclic amines) is 1. The van der Waals surface area contributed by atoms with Gasteiger partial charge in [-0.15, -0.1) is 0 Å². The van der Waals surface area contributed by atoms with Crippen LogP contribution in [-0.4, -0.2) is 24.0 Å². The number of hydrogen-bond donors (Lipinski definition) is 1. The molecule has 0 radical (unpaired) electrons. The summed E-state index contributed by atoms with van der Waals surface area (Å²) < 4.78 is 14.0. The van der Waals surface area contributed by atoms with Gasteiger partial charge >= 0.3 is 0 Å². The molecule has 0 spiro atoms. The third-order valence-corrected chi connectivity index (χ3v) is 4.13. The van der Waals surface area contributed by atoms with Gasteiger partial charge in [0.05, 0.1) is 6.04 Å². The third kappa shape index (κ3) is 2.57. The Morgan fingerprint density at radius 3 is 2.28 bits per heavy atom. The van der Waals surface area contributed by atoms with Gasteiger partial charge in [0.1, 0.15) is 5.82 Å². The van der Waals surface area contributed by atoms with E-state index in [-0.39, 0.29) is 17.9 Å². The van der Waals surface area contributed by atoms with Crippen molar-refractivity contribution in [2.45, 2.75) is 32.9 Å². The number of hydrogen-bond acceptors (Lipinski definition) is 2. The normalized spacial score (nSPS) is 28.3. The Morgan fingerprint density at radius 1 is 1.22 bits per heavy atom. The van der Waals surface area contributed by atoms with Crippen LogP contribution >= 0.6 is 0 Å². The van der Waals surface area contributed by atoms with E-state index in [1.807, 2.05) is 19.1 Å². The molecular weight excluding hydrogens is 227 g/mol. The summed E-state index contributed by atoms with van der Waals surface area (Å²) in [5, 5.41) is 0. The number of halogens is 1. The van der Waals surface area contributed by atoms with Crippen LogP contribution < -0.4 is 5.73 Å². The first-order valence-electron chi connectivity index (χ1n) is 6.74. The molecule has 1 heterocycles. The molecule has 2 N–H and O–H groups in total. The first kappa shape index (κ1) is 13.5. The fourth-order valence-corrected chi connectivity index (χ4v) is 2.93. The predicted octanol–water partition coefficient (Wildman–Crippen LogP) is 2.80. The van der Waals surface area contributed by atoms with Crippen LogP contribution in [0.4, 0.5) is 4.39 Å². The van der Waals surface area contributed by atoms with Crippen molar-refractivity contribution in [3.05, 3.63) is 35.6 Å². The highest BCUT2D eigenvalue weighted by Crippen LogP contribution is 2.33. The van der Waals surface area contributed by atoms with E-state index in [2.05, 4.69) is 18.7 Å². The zero-order chi connectivity index (χ0) is 13.3. The van der Waals surface area contributed by atoms with Crippen LogP contribution in [0.5, 0.6) is 0 Å². The predicted molar refractivity (Wildman–Crippen MR) is 72.7 cm³/mol. The van der Waals surface area contributed by atoms with Gasteiger partial charge in [-0.25, -0.2) is 4.39 Å². The highest BCUT2D eigenvalue weighted by Gasteiger charge is 2.34. The monoisotopic (exact) mass is 250 g/mol. The SMILES string of the molecule is CC(N)C(c1ccccc1F)N1CC(C)C(C)C1. The highest BCUT2D eigenvalue weighted by atomic mass is 19.1. The Morgan fingerprint density at radius 2 is 1.78 bits per heavy atom. The van der Waals surface area contributed by atoms with Gasteiger partial charge in [0.15, 0.2) is 0 Å². The highest BCUT2D eigenvalue weighted by molar-refractivity contribution is 5.23. The summed E-state index contributed by atoms with van der Waals surface area (Å²) in [5.74, 6) is 1.16. The first-order valence-corrected chi connectivity index (χ1v) is 6.74. The van der Waals surface area contributed by atoms with Gasteiger partial charge in [-0.05, 0) is 24.8 Å². The Bertz CT molecular complexity index is 395. The molecule has 0 bridgehead atoms. The first-order chi connectivity index (χ1) is 8.50. The van der Waals surface area contributed by atoms with E-state index in [1.54, 1.807) is 6.07 Å². The van der Waals surface area contributed by atoms with E-state index < -0.39 is 0 Å². The summed E-state index contributed by atoms with van der Waals surface area (Å²) in [7, 11) is 0. The average molecular weight is 250 g/mol. The molecule has 2 nitrogen and oxygen atoms in total. The molecule has 1 fully saturated rings. The Balaban J connectivity index is 2.27. The summed E-state index contributed by atoms with van der Waals surface area (Å²) in [6.07, 6.45) is 0. The molecule has 4 atom stereocenters. The Hall–Kier alpha value is -0.930. The summed E-state index contributed by atoms with van der Waals surface area (Å²) >= 11 is 0. The van der Waals surface area contributed by atoms with Crippen molar-refractivity contribution in [2.75, 3.05) is 13.1 Å². The molecule has 100 valence electrons. The number of nitrogens with zero attached hydrogens (tertiary/aromatic N) is 1. The minimum absolute atomic E-state index is 0.0152. The Kier molecular flexibility index (Phi) is 4.03. The van der Waals surface area contributed by atoms with Crippen molar-refractivity contribution in [2.24, 2.45) is 17.6 Å². The minimum atomic E-state index is -0.146. The van der Waals surface area contributed by atoms with Crippen LogP contribution in [0.25, 0.3) is 0 Å². The largest absolute Gasteiger partial charge is 0.326 e. The van der Waals surface area contributed by atoms with Gasteiger partial charge in [-0.2, -0.15) is 0 Å². The maximum Gasteiger partial charge on any atom is 0.128 e. The van der Waals surface area contributed by atoms with Crippen LogP contribution in [0, 0.1) is 17.7 Å². The van der Waals surface area contributed by atoms with Crippen LogP contribution in [0.2, 0.25) is 0 Å². The second-order valence-corrected chi connectivity index (χ2v) is 5.73. The fraction of sp³-hybridized carbons (Fsp3) is 0.600. The lowest BCUT2D eigenvalue weighted by Crippen LogP contribution is -2.39. The number of nitrogens with two attached hydrogens (primary N) is 1. The molecule has 4 unspecified atom stereocenters. The maximum absolute atomic E-state index is 14.0. The molecule has 2 rings (SSSR count). The van der Waals surface area contributed by atoms with Gasteiger partial charge in [0.25, 0.3) is 0 Å². The smallest absolute Gasteiger partial charge is 0.128 e. The van der Waals surface area contributed by atoms with E-state index in [1.165, 1.54) is 6.07 Å². The standard InChI is InChI=1S/C15H23FN2/c1-10-8-18(9-11(10)2)15(12(3)17)13-6-4-5-7-14(13)16/h4-7,10-12,15H,8-9,17H2,1-3H3. The maximum atomic E-state index is 14.0. The van der Waals surface area contributed by atoms with E-state index >= 15 is 0 Å². The van der Waals surface area contributed by atoms with Gasteiger partial charge in [0.2, 0.25) is 0 Å². The van der Waals surface area contributed by atoms with Gasteiger partial charge in [-0.3, -0.25) is 4.90 Å². The molecule has 0 aliphatic carbocycles. The number of rotatable bonds is 3. The lowest BCUT2D eigenvalue weighted by molar-refractivity contribution is 0.205. The van der Waals surface area contributed by atoms with Crippen molar-refractivity contribution in [1.29, 1.82) is 0 Å². The van der Waals surface area contributed by atoms with Crippen LogP contribution in [0.15, 0.2) is 24.3 Å². The molecule has 1 aliphatic heterocycles.